The monoisotopic (exact) mass is 515 g/mol. The SMILES string of the molecule is COc1ccc2c(c1)c(=O)n(C[C@H]1CC[C@H](C(=O)O)CC1)c(=O)n2Cc1cccc(C(F)(F)F)c1C#N. The van der Waals surface area contributed by atoms with Crippen LogP contribution in [0.3, 0.4) is 0 Å². The molecule has 1 aliphatic carbocycles. The number of ether oxygens (including phenoxy) is 1. The van der Waals surface area contributed by atoms with Crippen molar-refractivity contribution < 1.29 is 27.8 Å². The van der Waals surface area contributed by atoms with E-state index in [1.807, 2.05) is 0 Å². The molecule has 1 N–H and O–H groups in total. The second-order valence-corrected chi connectivity index (χ2v) is 9.17. The minimum atomic E-state index is -4.75. The van der Waals surface area contributed by atoms with E-state index in [4.69, 9.17) is 4.74 Å². The summed E-state index contributed by atoms with van der Waals surface area (Å²) in [5.41, 5.74) is -2.79. The Labute approximate surface area is 209 Å². The molecule has 0 saturated heterocycles. The highest BCUT2D eigenvalue weighted by atomic mass is 19.4. The lowest BCUT2D eigenvalue weighted by atomic mass is 9.82. The highest BCUT2D eigenvalue weighted by molar-refractivity contribution is 5.80. The quantitative estimate of drug-likeness (QED) is 0.531. The summed E-state index contributed by atoms with van der Waals surface area (Å²) in [6, 6.07) is 9.42. The van der Waals surface area contributed by atoms with Crippen molar-refractivity contribution >= 4 is 16.9 Å². The first-order valence-corrected chi connectivity index (χ1v) is 11.7. The third-order valence-electron chi connectivity index (χ3n) is 6.97. The molecule has 37 heavy (non-hydrogen) atoms. The first-order chi connectivity index (χ1) is 17.5. The van der Waals surface area contributed by atoms with Crippen molar-refractivity contribution in [1.82, 2.24) is 9.13 Å². The fourth-order valence-corrected chi connectivity index (χ4v) is 4.96. The number of carboxylic acid groups (broad SMARTS) is 1. The zero-order valence-corrected chi connectivity index (χ0v) is 19.9. The van der Waals surface area contributed by atoms with E-state index in [1.165, 1.54) is 42.0 Å². The lowest BCUT2D eigenvalue weighted by molar-refractivity contribution is -0.143. The van der Waals surface area contributed by atoms with Crippen LogP contribution in [0.15, 0.2) is 46.0 Å². The van der Waals surface area contributed by atoms with Gasteiger partial charge in [0.2, 0.25) is 0 Å². The molecule has 1 saturated carbocycles. The number of nitrogens with zero attached hydrogens (tertiary/aromatic N) is 3. The number of rotatable bonds is 6. The molecule has 1 heterocycles. The van der Waals surface area contributed by atoms with Crippen LogP contribution in [0.25, 0.3) is 10.9 Å². The standard InChI is InChI=1S/C26H24F3N3O5/c1-37-18-9-10-22-19(11-18)23(33)32(13-15-5-7-16(8-6-15)24(34)35)25(36)31(22)14-17-3-2-4-21(20(17)12-30)26(27,28)29/h2-4,9-11,15-16H,5-8,13-14H2,1H3,(H,34,35)/t15-,16-. The second kappa shape index (κ2) is 10.1. The zero-order valence-electron chi connectivity index (χ0n) is 19.9. The van der Waals surface area contributed by atoms with Crippen LogP contribution in [0.5, 0.6) is 5.75 Å². The van der Waals surface area contributed by atoms with Gasteiger partial charge in [-0.1, -0.05) is 12.1 Å². The van der Waals surface area contributed by atoms with Crippen molar-refractivity contribution in [2.45, 2.75) is 44.9 Å². The first-order valence-electron chi connectivity index (χ1n) is 11.7. The number of aromatic nitrogens is 2. The summed E-state index contributed by atoms with van der Waals surface area (Å²) >= 11 is 0. The molecule has 1 aliphatic rings. The number of hydrogen-bond donors (Lipinski definition) is 1. The van der Waals surface area contributed by atoms with E-state index in [2.05, 4.69) is 0 Å². The number of aliphatic carboxylic acids is 1. The third kappa shape index (κ3) is 5.09. The van der Waals surface area contributed by atoms with Gasteiger partial charge in [-0.05, 0) is 61.4 Å². The predicted molar refractivity (Wildman–Crippen MR) is 127 cm³/mol. The zero-order chi connectivity index (χ0) is 26.9. The molecule has 0 atom stereocenters. The molecule has 1 aromatic heterocycles. The van der Waals surface area contributed by atoms with Gasteiger partial charge in [0.1, 0.15) is 11.8 Å². The second-order valence-electron chi connectivity index (χ2n) is 9.17. The predicted octanol–water partition coefficient (Wildman–Crippen LogP) is 4.00. The third-order valence-corrected chi connectivity index (χ3v) is 6.97. The number of halogens is 3. The average molecular weight is 515 g/mol. The number of fused-ring (bicyclic) bond motifs is 1. The Morgan fingerprint density at radius 2 is 1.84 bits per heavy atom. The van der Waals surface area contributed by atoms with Crippen LogP contribution in [0.4, 0.5) is 13.2 Å². The number of nitriles is 1. The highest BCUT2D eigenvalue weighted by Gasteiger charge is 2.34. The number of carboxylic acids is 1. The van der Waals surface area contributed by atoms with Gasteiger partial charge in [-0.2, -0.15) is 18.4 Å². The molecule has 0 aliphatic heterocycles. The Morgan fingerprint density at radius 1 is 1.14 bits per heavy atom. The van der Waals surface area contributed by atoms with Crippen molar-refractivity contribution in [3.63, 3.8) is 0 Å². The summed E-state index contributed by atoms with van der Waals surface area (Å²) in [4.78, 5) is 38.2. The van der Waals surface area contributed by atoms with Crippen molar-refractivity contribution in [2.75, 3.05) is 7.11 Å². The Balaban J connectivity index is 1.84. The molecule has 3 aromatic rings. The van der Waals surface area contributed by atoms with Gasteiger partial charge in [0.25, 0.3) is 5.56 Å². The molecule has 2 aromatic carbocycles. The molecule has 0 bridgehead atoms. The van der Waals surface area contributed by atoms with E-state index in [0.717, 1.165) is 10.6 Å². The number of carbonyl (C=O) groups is 1. The Bertz CT molecular complexity index is 1510. The van der Waals surface area contributed by atoms with Crippen LogP contribution in [0.1, 0.15) is 42.4 Å². The van der Waals surface area contributed by atoms with E-state index >= 15 is 0 Å². The maximum absolute atomic E-state index is 13.6. The van der Waals surface area contributed by atoms with Crippen LogP contribution in [-0.4, -0.2) is 27.3 Å². The summed E-state index contributed by atoms with van der Waals surface area (Å²) in [5.74, 6) is -1.08. The molecule has 4 rings (SSSR count). The Kier molecular flexibility index (Phi) is 7.12. The molecule has 0 radical (unpaired) electrons. The summed E-state index contributed by atoms with van der Waals surface area (Å²) in [6.07, 6.45) is -2.86. The number of hydrogen-bond acceptors (Lipinski definition) is 5. The molecular weight excluding hydrogens is 491 g/mol. The molecule has 0 spiro atoms. The molecular formula is C26H24F3N3O5. The van der Waals surface area contributed by atoms with Gasteiger partial charge >= 0.3 is 17.8 Å². The lowest BCUT2D eigenvalue weighted by Gasteiger charge is -2.26. The minimum Gasteiger partial charge on any atom is -0.497 e. The summed E-state index contributed by atoms with van der Waals surface area (Å²) in [5, 5.41) is 18.9. The number of methoxy groups -OCH3 is 1. The van der Waals surface area contributed by atoms with Gasteiger partial charge in [0.15, 0.2) is 0 Å². The molecule has 194 valence electrons. The highest BCUT2D eigenvalue weighted by Crippen LogP contribution is 2.33. The van der Waals surface area contributed by atoms with Gasteiger partial charge in [0, 0.05) is 6.54 Å². The smallest absolute Gasteiger partial charge is 0.417 e. The average Bonchev–Trinajstić information content (AvgIpc) is 2.88. The normalized spacial score (nSPS) is 17.9. The van der Waals surface area contributed by atoms with Crippen LogP contribution in [0.2, 0.25) is 0 Å². The first kappa shape index (κ1) is 26.0. The van der Waals surface area contributed by atoms with Gasteiger partial charge in [-0.15, -0.1) is 0 Å². The fourth-order valence-electron chi connectivity index (χ4n) is 4.96. The maximum Gasteiger partial charge on any atom is 0.417 e. The topological polar surface area (TPSA) is 114 Å². The molecule has 11 heteroatoms. The number of alkyl halides is 3. The fraction of sp³-hybridized carbons (Fsp3) is 0.385. The van der Waals surface area contributed by atoms with Crippen LogP contribution in [0, 0.1) is 23.2 Å². The largest absolute Gasteiger partial charge is 0.497 e. The Hall–Kier alpha value is -4.07. The van der Waals surface area contributed by atoms with E-state index < -0.39 is 40.4 Å². The van der Waals surface area contributed by atoms with Crippen LogP contribution < -0.4 is 16.0 Å². The van der Waals surface area contributed by atoms with E-state index in [-0.39, 0.29) is 35.5 Å². The van der Waals surface area contributed by atoms with E-state index in [0.29, 0.717) is 31.4 Å². The summed E-state index contributed by atoms with van der Waals surface area (Å²) < 4.78 is 48.0. The van der Waals surface area contributed by atoms with Crippen molar-refractivity contribution in [3.05, 3.63) is 73.9 Å². The Morgan fingerprint density at radius 3 is 2.43 bits per heavy atom. The van der Waals surface area contributed by atoms with Crippen LogP contribution >= 0.6 is 0 Å². The minimum absolute atomic E-state index is 0.0105. The van der Waals surface area contributed by atoms with Gasteiger partial charge in [0.05, 0.1) is 41.6 Å². The van der Waals surface area contributed by atoms with Gasteiger partial charge in [-0.3, -0.25) is 18.7 Å². The van der Waals surface area contributed by atoms with Crippen molar-refractivity contribution in [2.24, 2.45) is 11.8 Å². The van der Waals surface area contributed by atoms with Crippen molar-refractivity contribution in [1.29, 1.82) is 5.26 Å². The van der Waals surface area contributed by atoms with E-state index in [1.54, 1.807) is 6.07 Å². The molecule has 0 unspecified atom stereocenters. The molecule has 8 nitrogen and oxygen atoms in total. The van der Waals surface area contributed by atoms with Crippen molar-refractivity contribution in [3.8, 4) is 11.8 Å². The maximum atomic E-state index is 13.6. The van der Waals surface area contributed by atoms with Gasteiger partial charge < -0.3 is 9.84 Å². The molecule has 0 amide bonds. The van der Waals surface area contributed by atoms with E-state index in [9.17, 15) is 37.9 Å². The lowest BCUT2D eigenvalue weighted by Crippen LogP contribution is -2.42. The molecule has 1 fully saturated rings. The summed E-state index contributed by atoms with van der Waals surface area (Å²) in [7, 11) is 1.42. The summed E-state index contributed by atoms with van der Waals surface area (Å²) in [6.45, 7) is -0.314. The van der Waals surface area contributed by atoms with Gasteiger partial charge in [-0.25, -0.2) is 4.79 Å². The number of benzene rings is 2. The van der Waals surface area contributed by atoms with Crippen LogP contribution in [-0.2, 0) is 24.1 Å².